The van der Waals surface area contributed by atoms with Gasteiger partial charge in [-0.25, -0.2) is 4.98 Å². The molecule has 10 N–H and O–H groups in total. The van der Waals surface area contributed by atoms with Crippen molar-refractivity contribution in [2.45, 2.75) is 69.2 Å². The Labute approximate surface area is 264 Å². The fourth-order valence-corrected chi connectivity index (χ4v) is 5.00. The first-order valence-corrected chi connectivity index (χ1v) is 14.6. The lowest BCUT2D eigenvalue weighted by Crippen LogP contribution is -2.60. The average Bonchev–Trinajstić information content (AvgIpc) is 3.72. The Hall–Kier alpha value is -5.32. The third-order valence-electron chi connectivity index (χ3n) is 7.37. The predicted octanol–water partition coefficient (Wildman–Crippen LogP) is -3.50. The quantitative estimate of drug-likeness (QED) is 0.0902. The molecule has 46 heavy (non-hydrogen) atoms. The molecule has 17 nitrogen and oxygen atoms in total. The number of benzene rings is 1. The summed E-state index contributed by atoms with van der Waals surface area (Å²) in [6.45, 7) is 0.869. The van der Waals surface area contributed by atoms with Crippen LogP contribution in [0.2, 0.25) is 0 Å². The van der Waals surface area contributed by atoms with E-state index in [1.54, 1.807) is 30.3 Å². The number of likely N-dealkylation sites (tertiary alicyclic amines) is 1. The van der Waals surface area contributed by atoms with Crippen LogP contribution in [0, 0.1) is 0 Å². The molecular formula is C29H39N9O8. The minimum atomic E-state index is -1.57. The summed E-state index contributed by atoms with van der Waals surface area (Å²) in [6.07, 6.45) is 3.15. The van der Waals surface area contributed by atoms with Crippen molar-refractivity contribution in [3.63, 3.8) is 0 Å². The minimum Gasteiger partial charge on any atom is -0.394 e. The monoisotopic (exact) mass is 641 g/mol. The summed E-state index contributed by atoms with van der Waals surface area (Å²) in [5.41, 5.74) is 11.6. The molecular weight excluding hydrogens is 602 g/mol. The summed E-state index contributed by atoms with van der Waals surface area (Å²) in [5, 5.41) is 19.9. The maximum Gasteiger partial charge on any atom is 0.245 e. The molecule has 1 saturated heterocycles. The smallest absolute Gasteiger partial charge is 0.245 e. The van der Waals surface area contributed by atoms with E-state index in [0.717, 1.165) is 0 Å². The van der Waals surface area contributed by atoms with E-state index in [9.17, 15) is 38.7 Å². The Morgan fingerprint density at radius 1 is 0.913 bits per heavy atom. The first-order valence-electron chi connectivity index (χ1n) is 14.6. The minimum absolute atomic E-state index is 0.0580. The number of nitrogens with one attached hydrogen (secondary N) is 5. The molecule has 0 saturated carbocycles. The number of primary amides is 2. The fraction of sp³-hybridized carbons (Fsp3) is 0.448. The van der Waals surface area contributed by atoms with Crippen LogP contribution in [0.1, 0.15) is 37.4 Å². The van der Waals surface area contributed by atoms with Crippen LogP contribution in [-0.4, -0.2) is 105 Å². The molecule has 1 aromatic carbocycles. The van der Waals surface area contributed by atoms with Gasteiger partial charge in [0.05, 0.1) is 19.4 Å². The Kier molecular flexibility index (Phi) is 12.7. The number of amides is 7. The Balaban J connectivity index is 1.77. The molecule has 3 rings (SSSR count). The summed E-state index contributed by atoms with van der Waals surface area (Å²) >= 11 is 0. The molecule has 17 heteroatoms. The molecule has 1 aliphatic rings. The summed E-state index contributed by atoms with van der Waals surface area (Å²) in [5.74, 6) is -5.42. The van der Waals surface area contributed by atoms with Gasteiger partial charge >= 0.3 is 0 Å². The standard InChI is InChI=1S/C29H39N9O8/c1-16(40)38-9-5-8-23(38)29(46)36-21(11-18-13-32-15-33-18)27(44)37-22(14-39)28(45)35-20(10-17-6-3-2-4-7-17)26(43)34-19(25(31)42)12-24(30)41/h2-4,6-7,13,15,19-23,39H,5,8-12,14H2,1H3,(H2,30,41)(H2,31,42)(H,32,33)(H,34,43)(H,35,45)(H,36,46)(H,37,44)/t19-,20-,21-,22-,23-/m0/s1. The molecule has 1 fully saturated rings. The van der Waals surface area contributed by atoms with Crippen LogP contribution >= 0.6 is 0 Å². The molecule has 248 valence electrons. The van der Waals surface area contributed by atoms with Gasteiger partial charge in [0.25, 0.3) is 0 Å². The second-order valence-corrected chi connectivity index (χ2v) is 10.8. The number of H-pyrrole nitrogens is 1. The summed E-state index contributed by atoms with van der Waals surface area (Å²) in [4.78, 5) is 96.5. The zero-order chi connectivity index (χ0) is 33.8. The van der Waals surface area contributed by atoms with Crippen molar-refractivity contribution in [2.24, 2.45) is 11.5 Å². The van der Waals surface area contributed by atoms with Crippen molar-refractivity contribution in [1.82, 2.24) is 36.1 Å². The molecule has 7 amide bonds. The zero-order valence-electron chi connectivity index (χ0n) is 25.2. The van der Waals surface area contributed by atoms with Gasteiger partial charge in [-0.05, 0) is 18.4 Å². The molecule has 0 spiro atoms. The second-order valence-electron chi connectivity index (χ2n) is 10.8. The number of nitrogens with zero attached hydrogens (tertiary/aromatic N) is 2. The Bertz CT molecular complexity index is 1400. The fourth-order valence-electron chi connectivity index (χ4n) is 5.00. The van der Waals surface area contributed by atoms with Crippen LogP contribution in [0.25, 0.3) is 0 Å². The predicted molar refractivity (Wildman–Crippen MR) is 161 cm³/mol. The highest BCUT2D eigenvalue weighted by Crippen LogP contribution is 2.18. The first kappa shape index (κ1) is 35.2. The van der Waals surface area contributed by atoms with E-state index in [1.807, 2.05) is 0 Å². The number of nitrogens with two attached hydrogens (primary N) is 2. The summed E-state index contributed by atoms with van der Waals surface area (Å²) in [6, 6.07) is 2.16. The van der Waals surface area contributed by atoms with Crippen molar-refractivity contribution in [3.8, 4) is 0 Å². The zero-order valence-corrected chi connectivity index (χ0v) is 25.2. The number of carbonyl (C=O) groups is 7. The lowest BCUT2D eigenvalue weighted by atomic mass is 10.0. The summed E-state index contributed by atoms with van der Waals surface area (Å²) < 4.78 is 0. The molecule has 0 radical (unpaired) electrons. The van der Waals surface area contributed by atoms with Crippen LogP contribution in [0.5, 0.6) is 0 Å². The van der Waals surface area contributed by atoms with Crippen molar-refractivity contribution >= 4 is 41.4 Å². The van der Waals surface area contributed by atoms with Gasteiger partial charge in [0.15, 0.2) is 0 Å². The SMILES string of the molecule is CC(=O)N1CCC[C@H]1C(=O)N[C@@H](Cc1cnc[nH]1)C(=O)N[C@@H](CO)C(=O)N[C@@H](Cc1ccccc1)C(=O)N[C@@H](CC(N)=O)C(N)=O. The van der Waals surface area contributed by atoms with E-state index >= 15 is 0 Å². The number of carbonyl (C=O) groups excluding carboxylic acids is 7. The average molecular weight is 642 g/mol. The maximum atomic E-state index is 13.4. The lowest BCUT2D eigenvalue weighted by molar-refractivity contribution is -0.138. The number of imidazole rings is 1. The van der Waals surface area contributed by atoms with E-state index in [1.165, 1.54) is 24.3 Å². The normalized spacial score (nSPS) is 16.7. The van der Waals surface area contributed by atoms with E-state index in [-0.39, 0.29) is 18.7 Å². The van der Waals surface area contributed by atoms with Gasteiger partial charge in [-0.3, -0.25) is 33.6 Å². The van der Waals surface area contributed by atoms with Crippen molar-refractivity contribution in [2.75, 3.05) is 13.2 Å². The molecule has 0 bridgehead atoms. The van der Waals surface area contributed by atoms with Crippen LogP contribution in [0.15, 0.2) is 42.9 Å². The highest BCUT2D eigenvalue weighted by molar-refractivity contribution is 5.97. The third kappa shape index (κ3) is 10.1. The number of rotatable bonds is 16. The second kappa shape index (κ2) is 16.7. The number of aliphatic hydroxyl groups excluding tert-OH is 1. The topological polar surface area (TPSA) is 272 Å². The van der Waals surface area contributed by atoms with Gasteiger partial charge in [-0.15, -0.1) is 0 Å². The molecule has 5 atom stereocenters. The van der Waals surface area contributed by atoms with E-state index in [0.29, 0.717) is 30.6 Å². The van der Waals surface area contributed by atoms with Crippen molar-refractivity contribution in [1.29, 1.82) is 0 Å². The first-order chi connectivity index (χ1) is 21.9. The van der Waals surface area contributed by atoms with Gasteiger partial charge in [0, 0.05) is 38.2 Å². The van der Waals surface area contributed by atoms with Crippen LogP contribution < -0.4 is 32.7 Å². The Morgan fingerprint density at radius 3 is 2.09 bits per heavy atom. The van der Waals surface area contributed by atoms with Gasteiger partial charge in [0.2, 0.25) is 41.4 Å². The molecule has 0 aliphatic carbocycles. The number of aliphatic hydroxyl groups is 1. The molecule has 1 aliphatic heterocycles. The van der Waals surface area contributed by atoms with Gasteiger partial charge in [-0.2, -0.15) is 0 Å². The van der Waals surface area contributed by atoms with Gasteiger partial charge in [0.1, 0.15) is 30.2 Å². The highest BCUT2D eigenvalue weighted by Gasteiger charge is 2.36. The molecule has 0 unspecified atom stereocenters. The Morgan fingerprint density at radius 2 is 1.52 bits per heavy atom. The third-order valence-corrected chi connectivity index (χ3v) is 7.37. The molecule has 1 aromatic heterocycles. The summed E-state index contributed by atoms with van der Waals surface area (Å²) in [7, 11) is 0. The van der Waals surface area contributed by atoms with Crippen LogP contribution in [0.3, 0.4) is 0 Å². The molecule has 2 aromatic rings. The largest absolute Gasteiger partial charge is 0.394 e. The van der Waals surface area contributed by atoms with Crippen molar-refractivity contribution in [3.05, 3.63) is 54.1 Å². The van der Waals surface area contributed by atoms with Crippen molar-refractivity contribution < 1.29 is 38.7 Å². The number of aromatic nitrogens is 2. The van der Waals surface area contributed by atoms with Gasteiger partial charge in [-0.1, -0.05) is 30.3 Å². The maximum absolute atomic E-state index is 13.4. The van der Waals surface area contributed by atoms with E-state index in [2.05, 4.69) is 31.2 Å². The lowest BCUT2D eigenvalue weighted by Gasteiger charge is -2.27. The number of hydrogen-bond donors (Lipinski definition) is 8. The molecule has 2 heterocycles. The van der Waals surface area contributed by atoms with E-state index < -0.39 is 78.7 Å². The highest BCUT2D eigenvalue weighted by atomic mass is 16.3. The van der Waals surface area contributed by atoms with E-state index in [4.69, 9.17) is 11.5 Å². The van der Waals surface area contributed by atoms with Gasteiger partial charge < -0.3 is 47.7 Å². The van der Waals surface area contributed by atoms with Crippen LogP contribution in [0.4, 0.5) is 0 Å². The van der Waals surface area contributed by atoms with Crippen LogP contribution in [-0.2, 0) is 46.4 Å². The number of aromatic amines is 1. The number of hydrogen-bond acceptors (Lipinski definition) is 9.